The van der Waals surface area contributed by atoms with Crippen LogP contribution in [0.2, 0.25) is 0 Å². The van der Waals surface area contributed by atoms with Crippen LogP contribution in [0.1, 0.15) is 32.6 Å². The van der Waals surface area contributed by atoms with E-state index in [1.165, 1.54) is 0 Å². The van der Waals surface area contributed by atoms with E-state index >= 15 is 0 Å². The highest BCUT2D eigenvalue weighted by Crippen LogP contribution is 2.16. The Morgan fingerprint density at radius 1 is 1.19 bits per heavy atom. The van der Waals surface area contributed by atoms with Gasteiger partial charge in [-0.2, -0.15) is 0 Å². The smallest absolute Gasteiger partial charge is 0.298 e. The molecule has 0 aromatic carbocycles. The molecule has 0 aromatic heterocycles. The van der Waals surface area contributed by atoms with Crippen molar-refractivity contribution in [1.29, 1.82) is 0 Å². The van der Waals surface area contributed by atoms with Crippen molar-refractivity contribution >= 4 is 18.8 Å². The summed E-state index contributed by atoms with van der Waals surface area (Å²) in [5.41, 5.74) is 1.14. The van der Waals surface area contributed by atoms with Crippen LogP contribution in [0.4, 0.5) is 0 Å². The van der Waals surface area contributed by atoms with Crippen LogP contribution in [0.3, 0.4) is 0 Å². The number of carbonyl (C=O) groups excluding carboxylic acids is 3. The molecule has 0 spiro atoms. The molecule has 1 aliphatic heterocycles. The van der Waals surface area contributed by atoms with Crippen molar-refractivity contribution in [2.45, 2.75) is 32.6 Å². The van der Waals surface area contributed by atoms with Gasteiger partial charge in [0, 0.05) is 52.2 Å². The van der Waals surface area contributed by atoms with Gasteiger partial charge >= 0.3 is 0 Å². The van der Waals surface area contributed by atoms with E-state index in [0.29, 0.717) is 37.5 Å². The second-order valence-electron chi connectivity index (χ2n) is 8.19. The van der Waals surface area contributed by atoms with Crippen molar-refractivity contribution in [1.82, 2.24) is 20.4 Å². The van der Waals surface area contributed by atoms with E-state index in [4.69, 9.17) is 4.74 Å². The lowest BCUT2D eigenvalue weighted by Crippen LogP contribution is -2.48. The molecule has 1 unspecified atom stereocenters. The van der Waals surface area contributed by atoms with Gasteiger partial charge in [0.15, 0.2) is 0 Å². The second kappa shape index (κ2) is 14.5. The maximum Gasteiger partial charge on any atom is 0.298 e. The maximum absolute atomic E-state index is 12.1. The average Bonchev–Trinajstić information content (AvgIpc) is 3.00. The van der Waals surface area contributed by atoms with Crippen LogP contribution in [0, 0.1) is 5.92 Å². The Morgan fingerprint density at radius 3 is 2.71 bits per heavy atom. The molecular weight excluding hydrogens is 396 g/mol. The minimum absolute atomic E-state index is 0.0743. The zero-order chi connectivity index (χ0) is 22.3. The molecule has 1 fully saturated rings. The number of rotatable bonds is 14. The van der Waals surface area contributed by atoms with Crippen molar-refractivity contribution in [3.63, 3.8) is 0 Å². The Kier molecular flexibility index (Phi) is 11.6. The first kappa shape index (κ1) is 24.8. The Balaban J connectivity index is 1.53. The van der Waals surface area contributed by atoms with Crippen LogP contribution in [0.5, 0.6) is 0 Å². The van der Waals surface area contributed by atoms with Gasteiger partial charge < -0.3 is 25.2 Å². The number of nitrogens with zero attached hydrogens (tertiary/aromatic N) is 2. The van der Waals surface area contributed by atoms with Crippen molar-refractivity contribution in [3.05, 3.63) is 35.6 Å². The van der Waals surface area contributed by atoms with Crippen molar-refractivity contribution in [2.75, 3.05) is 52.4 Å². The number of nitrogens with one attached hydrogen (secondary N) is 2. The lowest BCUT2D eigenvalue weighted by atomic mass is 10.1. The second-order valence-corrected chi connectivity index (χ2v) is 8.19. The van der Waals surface area contributed by atoms with Gasteiger partial charge in [0.2, 0.25) is 12.3 Å². The summed E-state index contributed by atoms with van der Waals surface area (Å²) in [6, 6.07) is 0. The first-order valence-corrected chi connectivity index (χ1v) is 11.2. The first-order chi connectivity index (χ1) is 15.1. The molecule has 8 heteroatoms. The number of amides is 2. The molecule has 8 nitrogen and oxygen atoms in total. The van der Waals surface area contributed by atoms with Gasteiger partial charge in [0.1, 0.15) is 5.76 Å². The number of hydrogen-bond acceptors (Lipinski definition) is 6. The van der Waals surface area contributed by atoms with E-state index in [-0.39, 0.29) is 5.91 Å². The van der Waals surface area contributed by atoms with E-state index in [9.17, 15) is 14.4 Å². The third kappa shape index (κ3) is 10.4. The Bertz CT molecular complexity index is 666. The highest BCUT2D eigenvalue weighted by atomic mass is 16.5. The zero-order valence-corrected chi connectivity index (χ0v) is 18.6. The molecule has 1 heterocycles. The van der Waals surface area contributed by atoms with E-state index in [0.717, 1.165) is 70.6 Å². The van der Waals surface area contributed by atoms with E-state index in [2.05, 4.69) is 27.4 Å². The summed E-state index contributed by atoms with van der Waals surface area (Å²) in [5, 5.41) is 5.77. The summed E-state index contributed by atoms with van der Waals surface area (Å²) >= 11 is 0. The van der Waals surface area contributed by atoms with Crippen molar-refractivity contribution in [2.24, 2.45) is 5.92 Å². The molecule has 0 aromatic rings. The predicted octanol–water partition coefficient (Wildman–Crippen LogP) is 1.22. The van der Waals surface area contributed by atoms with Gasteiger partial charge in [-0.25, -0.2) is 0 Å². The third-order valence-corrected chi connectivity index (χ3v) is 5.56. The summed E-state index contributed by atoms with van der Waals surface area (Å²) < 4.78 is 4.84. The van der Waals surface area contributed by atoms with Gasteiger partial charge in [-0.1, -0.05) is 24.6 Å². The molecule has 172 valence electrons. The molecule has 2 aliphatic rings. The summed E-state index contributed by atoms with van der Waals surface area (Å²) in [4.78, 5) is 37.8. The van der Waals surface area contributed by atoms with Gasteiger partial charge in [0.25, 0.3) is 6.47 Å². The van der Waals surface area contributed by atoms with Gasteiger partial charge in [-0.15, -0.1) is 0 Å². The molecule has 0 radical (unpaired) electrons. The van der Waals surface area contributed by atoms with Crippen LogP contribution >= 0.6 is 0 Å². The molecule has 2 rings (SSSR count). The van der Waals surface area contributed by atoms with E-state index in [1.54, 1.807) is 12.2 Å². The van der Waals surface area contributed by atoms with Crippen LogP contribution in [0.25, 0.3) is 0 Å². The quantitative estimate of drug-likeness (QED) is 0.317. The Morgan fingerprint density at radius 2 is 1.97 bits per heavy atom. The number of hydrogen-bond donors (Lipinski definition) is 2. The summed E-state index contributed by atoms with van der Waals surface area (Å²) in [6.45, 7) is 10.2. The largest absolute Gasteiger partial charge is 0.429 e. The Hall–Kier alpha value is -2.45. The molecular formula is C23H36N4O4. The van der Waals surface area contributed by atoms with Crippen LogP contribution in [-0.2, 0) is 19.1 Å². The molecule has 0 bridgehead atoms. The molecule has 2 amide bonds. The molecule has 0 saturated carbocycles. The molecule has 31 heavy (non-hydrogen) atoms. The number of allylic oxidation sites excluding steroid dienone is 5. The summed E-state index contributed by atoms with van der Waals surface area (Å²) in [5.74, 6) is 1.05. The Labute approximate surface area is 185 Å². The summed E-state index contributed by atoms with van der Waals surface area (Å²) in [7, 11) is 0. The molecule has 1 atom stereocenters. The lowest BCUT2D eigenvalue weighted by Gasteiger charge is -2.35. The van der Waals surface area contributed by atoms with Crippen LogP contribution in [-0.4, -0.2) is 80.9 Å². The highest BCUT2D eigenvalue weighted by Gasteiger charge is 2.18. The summed E-state index contributed by atoms with van der Waals surface area (Å²) in [6.07, 6.45) is 11.0. The van der Waals surface area contributed by atoms with Gasteiger partial charge in [-0.3, -0.25) is 14.4 Å². The zero-order valence-electron chi connectivity index (χ0n) is 18.6. The topological polar surface area (TPSA) is 91.0 Å². The fourth-order valence-corrected chi connectivity index (χ4v) is 3.81. The molecule has 1 saturated heterocycles. The van der Waals surface area contributed by atoms with Gasteiger partial charge in [-0.05, 0) is 43.9 Å². The first-order valence-electron chi connectivity index (χ1n) is 11.2. The van der Waals surface area contributed by atoms with E-state index in [1.807, 2.05) is 12.2 Å². The number of carbonyl (C=O) groups is 3. The third-order valence-electron chi connectivity index (χ3n) is 5.56. The SMILES string of the molecule is CC(CNC=O)CN1CCN(CCCNC(=O)CCC2=CC=C(OC=O)C=CC2)CC1. The maximum atomic E-state index is 12.1. The van der Waals surface area contributed by atoms with Crippen LogP contribution in [0.15, 0.2) is 35.6 Å². The van der Waals surface area contributed by atoms with Crippen molar-refractivity contribution in [3.8, 4) is 0 Å². The van der Waals surface area contributed by atoms with Crippen molar-refractivity contribution < 1.29 is 19.1 Å². The van der Waals surface area contributed by atoms with Crippen LogP contribution < -0.4 is 10.6 Å². The highest BCUT2D eigenvalue weighted by molar-refractivity contribution is 5.76. The molecule has 1 aliphatic carbocycles. The molecule has 2 N–H and O–H groups in total. The fourth-order valence-electron chi connectivity index (χ4n) is 3.81. The monoisotopic (exact) mass is 432 g/mol. The minimum atomic E-state index is 0.0743. The van der Waals surface area contributed by atoms with E-state index < -0.39 is 0 Å². The normalized spacial score (nSPS) is 18.4. The standard InChI is InChI=1S/C23H36N4O4/c1-20(16-24-18-28)17-27-14-12-26(13-15-27)11-3-10-25-23(30)9-7-21-4-2-5-22(8-6-21)31-19-29/h2,5-6,8,18-20H,3-4,7,9-17H2,1H3,(H,24,28)(H,25,30). The number of piperazine rings is 1. The predicted molar refractivity (Wildman–Crippen MR) is 120 cm³/mol. The van der Waals surface area contributed by atoms with Gasteiger partial charge in [0.05, 0.1) is 0 Å². The average molecular weight is 433 g/mol. The minimum Gasteiger partial charge on any atom is -0.429 e. The fraction of sp³-hybridized carbons (Fsp3) is 0.609. The number of ether oxygens (including phenoxy) is 1. The lowest BCUT2D eigenvalue weighted by molar-refractivity contribution is -0.124.